The van der Waals surface area contributed by atoms with E-state index in [1.807, 2.05) is 4.90 Å². The number of nitrogens with two attached hydrogens (primary N) is 1. The topological polar surface area (TPSA) is 64.8 Å². The maximum atomic E-state index is 12.7. The maximum absolute atomic E-state index is 12.7. The van der Waals surface area contributed by atoms with E-state index in [4.69, 9.17) is 15.2 Å². The van der Waals surface area contributed by atoms with Gasteiger partial charge in [-0.05, 0) is 31.4 Å². The number of nitrogens with zero attached hydrogens (tertiary/aromatic N) is 1. The lowest BCUT2D eigenvalue weighted by Gasteiger charge is -2.35. The molecule has 1 aliphatic heterocycles. The van der Waals surface area contributed by atoms with Gasteiger partial charge in [0.2, 0.25) is 0 Å². The third kappa shape index (κ3) is 3.80. The first-order valence-corrected chi connectivity index (χ1v) is 6.94. The quantitative estimate of drug-likeness (QED) is 0.924. The number of carbonyl (C=O) groups excluding carboxylic acids is 1. The normalized spacial score (nSPS) is 17.9. The van der Waals surface area contributed by atoms with Crippen molar-refractivity contribution in [1.29, 1.82) is 0 Å². The SMILES string of the molecule is COc1ccc(C(=O)N2CCCCC2CN)c(OC)c1.Cl. The van der Waals surface area contributed by atoms with Crippen LogP contribution in [-0.4, -0.2) is 44.2 Å². The zero-order valence-corrected chi connectivity index (χ0v) is 13.3. The number of ether oxygens (including phenoxy) is 2. The van der Waals surface area contributed by atoms with E-state index >= 15 is 0 Å². The summed E-state index contributed by atoms with van der Waals surface area (Å²) < 4.78 is 10.5. The number of carbonyl (C=O) groups is 1. The molecule has 1 atom stereocenters. The number of methoxy groups -OCH3 is 2. The number of piperidine rings is 1. The van der Waals surface area contributed by atoms with E-state index in [2.05, 4.69) is 0 Å². The second-order valence-corrected chi connectivity index (χ2v) is 4.95. The highest BCUT2D eigenvalue weighted by atomic mass is 35.5. The highest BCUT2D eigenvalue weighted by Crippen LogP contribution is 2.28. The highest BCUT2D eigenvalue weighted by molar-refractivity contribution is 5.97. The van der Waals surface area contributed by atoms with Crippen molar-refractivity contribution in [2.75, 3.05) is 27.3 Å². The third-order valence-electron chi connectivity index (χ3n) is 3.80. The molecule has 118 valence electrons. The molecule has 1 aromatic rings. The Balaban J connectivity index is 0.00000220. The molecule has 21 heavy (non-hydrogen) atoms. The molecule has 0 aliphatic carbocycles. The van der Waals surface area contributed by atoms with Crippen LogP contribution in [0.15, 0.2) is 18.2 Å². The van der Waals surface area contributed by atoms with Gasteiger partial charge in [0.15, 0.2) is 0 Å². The summed E-state index contributed by atoms with van der Waals surface area (Å²) in [6.07, 6.45) is 3.13. The average Bonchev–Trinajstić information content (AvgIpc) is 2.53. The van der Waals surface area contributed by atoms with Gasteiger partial charge in [0.05, 0.1) is 19.8 Å². The van der Waals surface area contributed by atoms with Gasteiger partial charge >= 0.3 is 0 Å². The van der Waals surface area contributed by atoms with Gasteiger partial charge in [-0.25, -0.2) is 0 Å². The first-order valence-electron chi connectivity index (χ1n) is 6.94. The molecule has 0 bridgehead atoms. The van der Waals surface area contributed by atoms with E-state index in [0.717, 1.165) is 25.8 Å². The van der Waals surface area contributed by atoms with Crippen LogP contribution in [0.1, 0.15) is 29.6 Å². The molecule has 1 aromatic carbocycles. The Hall–Kier alpha value is -1.46. The van der Waals surface area contributed by atoms with Crippen LogP contribution >= 0.6 is 12.4 Å². The van der Waals surface area contributed by atoms with Crippen LogP contribution < -0.4 is 15.2 Å². The number of amides is 1. The van der Waals surface area contributed by atoms with Crippen molar-refractivity contribution < 1.29 is 14.3 Å². The largest absolute Gasteiger partial charge is 0.497 e. The average molecular weight is 315 g/mol. The van der Waals surface area contributed by atoms with E-state index in [0.29, 0.717) is 23.6 Å². The first kappa shape index (κ1) is 17.6. The van der Waals surface area contributed by atoms with Crippen LogP contribution in [-0.2, 0) is 0 Å². The van der Waals surface area contributed by atoms with Gasteiger partial charge in [0.1, 0.15) is 11.5 Å². The maximum Gasteiger partial charge on any atom is 0.257 e. The molecule has 2 rings (SSSR count). The molecular formula is C15H23ClN2O3. The first-order chi connectivity index (χ1) is 9.71. The Labute approximate surface area is 131 Å². The molecular weight excluding hydrogens is 292 g/mol. The molecule has 6 heteroatoms. The zero-order chi connectivity index (χ0) is 14.5. The molecule has 0 saturated carbocycles. The Kier molecular flexibility index (Phi) is 6.78. The highest BCUT2D eigenvalue weighted by Gasteiger charge is 2.28. The Bertz CT molecular complexity index is 482. The standard InChI is InChI=1S/C15H22N2O3.ClH/c1-19-12-6-7-13(14(9-12)20-2)15(18)17-8-4-3-5-11(17)10-16;/h6-7,9,11H,3-5,8,10,16H2,1-2H3;1H. The summed E-state index contributed by atoms with van der Waals surface area (Å²) in [5, 5.41) is 0. The third-order valence-corrected chi connectivity index (χ3v) is 3.80. The number of halogens is 1. The predicted molar refractivity (Wildman–Crippen MR) is 84.5 cm³/mol. The van der Waals surface area contributed by atoms with Crippen molar-refractivity contribution in [3.8, 4) is 11.5 Å². The second kappa shape index (κ2) is 8.10. The summed E-state index contributed by atoms with van der Waals surface area (Å²) in [6, 6.07) is 5.39. The van der Waals surface area contributed by atoms with Crippen LogP contribution in [0.5, 0.6) is 11.5 Å². The lowest BCUT2D eigenvalue weighted by molar-refractivity contribution is 0.0620. The molecule has 0 spiro atoms. The van der Waals surface area contributed by atoms with E-state index in [1.165, 1.54) is 0 Å². The minimum absolute atomic E-state index is 0. The molecule has 5 nitrogen and oxygen atoms in total. The van der Waals surface area contributed by atoms with Crippen molar-refractivity contribution in [3.05, 3.63) is 23.8 Å². The van der Waals surface area contributed by atoms with Crippen molar-refractivity contribution in [2.24, 2.45) is 5.73 Å². The van der Waals surface area contributed by atoms with E-state index in [-0.39, 0.29) is 24.4 Å². The van der Waals surface area contributed by atoms with Gasteiger partial charge in [-0.1, -0.05) is 0 Å². The lowest BCUT2D eigenvalue weighted by Crippen LogP contribution is -2.47. The molecule has 1 aliphatic rings. The summed E-state index contributed by atoms with van der Waals surface area (Å²) >= 11 is 0. The van der Waals surface area contributed by atoms with Crippen LogP contribution in [0.3, 0.4) is 0 Å². The Morgan fingerprint density at radius 3 is 2.71 bits per heavy atom. The molecule has 1 saturated heterocycles. The van der Waals surface area contributed by atoms with Gasteiger partial charge in [-0.3, -0.25) is 4.79 Å². The Morgan fingerprint density at radius 1 is 1.33 bits per heavy atom. The monoisotopic (exact) mass is 314 g/mol. The van der Waals surface area contributed by atoms with E-state index < -0.39 is 0 Å². The van der Waals surface area contributed by atoms with Crippen molar-refractivity contribution in [3.63, 3.8) is 0 Å². The van der Waals surface area contributed by atoms with Crippen molar-refractivity contribution >= 4 is 18.3 Å². The molecule has 0 aromatic heterocycles. The number of hydrogen-bond acceptors (Lipinski definition) is 4. The van der Waals surface area contributed by atoms with Gasteiger partial charge in [0, 0.05) is 25.2 Å². The molecule has 1 fully saturated rings. The van der Waals surface area contributed by atoms with Crippen LogP contribution in [0.4, 0.5) is 0 Å². The summed E-state index contributed by atoms with van der Waals surface area (Å²) in [4.78, 5) is 14.6. The fourth-order valence-electron chi connectivity index (χ4n) is 2.64. The van der Waals surface area contributed by atoms with Gasteiger partial charge in [-0.15, -0.1) is 12.4 Å². The fourth-order valence-corrected chi connectivity index (χ4v) is 2.64. The summed E-state index contributed by atoms with van der Waals surface area (Å²) in [7, 11) is 3.15. The van der Waals surface area contributed by atoms with E-state index in [9.17, 15) is 4.79 Å². The summed E-state index contributed by atoms with van der Waals surface area (Å²) in [5.74, 6) is 1.20. The van der Waals surface area contributed by atoms with Gasteiger partial charge in [0.25, 0.3) is 5.91 Å². The van der Waals surface area contributed by atoms with Crippen LogP contribution in [0, 0.1) is 0 Å². The number of likely N-dealkylation sites (tertiary alicyclic amines) is 1. The smallest absolute Gasteiger partial charge is 0.257 e. The summed E-state index contributed by atoms with van der Waals surface area (Å²) in [6.45, 7) is 1.26. The fraction of sp³-hybridized carbons (Fsp3) is 0.533. The number of hydrogen-bond donors (Lipinski definition) is 1. The molecule has 2 N–H and O–H groups in total. The zero-order valence-electron chi connectivity index (χ0n) is 12.5. The second-order valence-electron chi connectivity index (χ2n) is 4.95. The van der Waals surface area contributed by atoms with Gasteiger partial charge in [-0.2, -0.15) is 0 Å². The minimum atomic E-state index is -0.0142. The molecule has 0 radical (unpaired) electrons. The minimum Gasteiger partial charge on any atom is -0.497 e. The van der Waals surface area contributed by atoms with E-state index in [1.54, 1.807) is 32.4 Å². The number of benzene rings is 1. The van der Waals surface area contributed by atoms with Crippen LogP contribution in [0.25, 0.3) is 0 Å². The van der Waals surface area contributed by atoms with Crippen molar-refractivity contribution in [1.82, 2.24) is 4.90 Å². The van der Waals surface area contributed by atoms with Gasteiger partial charge < -0.3 is 20.1 Å². The van der Waals surface area contributed by atoms with Crippen LogP contribution in [0.2, 0.25) is 0 Å². The lowest BCUT2D eigenvalue weighted by atomic mass is 10.0. The number of rotatable bonds is 4. The molecule has 1 unspecified atom stereocenters. The molecule has 1 heterocycles. The Morgan fingerprint density at radius 2 is 2.10 bits per heavy atom. The predicted octanol–water partition coefficient (Wildman–Crippen LogP) is 2.08. The molecule has 1 amide bonds. The summed E-state index contributed by atoms with van der Waals surface area (Å²) in [5.41, 5.74) is 6.34. The van der Waals surface area contributed by atoms with Crippen molar-refractivity contribution in [2.45, 2.75) is 25.3 Å².